The molecular formula is C27H26N2O2. The van der Waals surface area contributed by atoms with Crippen molar-refractivity contribution in [1.29, 1.82) is 0 Å². The highest BCUT2D eigenvalue weighted by Crippen LogP contribution is 2.52. The van der Waals surface area contributed by atoms with E-state index in [-0.39, 0.29) is 11.3 Å². The van der Waals surface area contributed by atoms with Crippen LogP contribution in [-0.4, -0.2) is 26.6 Å². The number of allylic oxidation sites excluding steroid dienone is 4. The molecule has 1 fully saturated rings. The fourth-order valence-corrected chi connectivity index (χ4v) is 5.16. The van der Waals surface area contributed by atoms with Gasteiger partial charge in [-0.05, 0) is 30.3 Å². The summed E-state index contributed by atoms with van der Waals surface area (Å²) < 4.78 is 12.6. The second-order valence-electron chi connectivity index (χ2n) is 8.81. The van der Waals surface area contributed by atoms with Gasteiger partial charge in [-0.1, -0.05) is 61.5 Å². The summed E-state index contributed by atoms with van der Waals surface area (Å²) in [6, 6.07) is 21.0. The van der Waals surface area contributed by atoms with Crippen molar-refractivity contribution < 1.29 is 9.47 Å². The first-order valence-corrected chi connectivity index (χ1v) is 10.9. The third-order valence-electron chi connectivity index (χ3n) is 6.99. The Bertz CT molecular complexity index is 1120. The lowest BCUT2D eigenvalue weighted by atomic mass is 9.64. The highest BCUT2D eigenvalue weighted by atomic mass is 16.5. The standard InChI is InChI=1S/C27H26N2O2/c1-27-15-14-20-16-28(21-8-4-2-5-9-21)19-31-26(20)23(27)12-13-25-24(27)17-29(18-30-25)22-10-6-3-7-11-22/h2-15,24H,16-19H2,1H3. The minimum atomic E-state index is -0.148. The molecule has 0 N–H and O–H groups in total. The van der Waals surface area contributed by atoms with Crippen LogP contribution in [0.2, 0.25) is 0 Å². The predicted molar refractivity (Wildman–Crippen MR) is 123 cm³/mol. The summed E-state index contributed by atoms with van der Waals surface area (Å²) in [7, 11) is 0. The van der Waals surface area contributed by atoms with Crippen LogP contribution in [0.3, 0.4) is 0 Å². The van der Waals surface area contributed by atoms with Crippen LogP contribution in [0.5, 0.6) is 0 Å². The van der Waals surface area contributed by atoms with E-state index in [1.165, 1.54) is 22.5 Å². The highest BCUT2D eigenvalue weighted by Gasteiger charge is 2.47. The first-order chi connectivity index (χ1) is 15.2. The molecule has 6 rings (SSSR count). The Balaban J connectivity index is 1.30. The molecule has 2 unspecified atom stereocenters. The molecule has 156 valence electrons. The molecule has 2 aliphatic heterocycles. The van der Waals surface area contributed by atoms with Gasteiger partial charge in [-0.2, -0.15) is 0 Å². The van der Waals surface area contributed by atoms with Crippen LogP contribution in [0.1, 0.15) is 6.92 Å². The van der Waals surface area contributed by atoms with Gasteiger partial charge in [0.15, 0.2) is 13.5 Å². The molecule has 2 heterocycles. The smallest absolute Gasteiger partial charge is 0.161 e. The number of benzene rings is 2. The first kappa shape index (κ1) is 18.4. The molecule has 0 amide bonds. The van der Waals surface area contributed by atoms with E-state index in [1.807, 2.05) is 6.07 Å². The van der Waals surface area contributed by atoms with E-state index in [4.69, 9.17) is 9.47 Å². The summed E-state index contributed by atoms with van der Waals surface area (Å²) in [6.07, 6.45) is 9.00. The third-order valence-corrected chi connectivity index (χ3v) is 6.99. The van der Waals surface area contributed by atoms with Crippen LogP contribution in [-0.2, 0) is 9.47 Å². The molecule has 2 atom stereocenters. The fourth-order valence-electron chi connectivity index (χ4n) is 5.16. The molecule has 0 aromatic heterocycles. The van der Waals surface area contributed by atoms with Crippen LogP contribution < -0.4 is 9.80 Å². The number of hydrogen-bond donors (Lipinski definition) is 0. The molecule has 0 saturated carbocycles. The van der Waals surface area contributed by atoms with Crippen LogP contribution in [0.15, 0.2) is 108 Å². The van der Waals surface area contributed by atoms with Crippen LogP contribution in [0, 0.1) is 11.3 Å². The maximum Gasteiger partial charge on any atom is 0.161 e. The van der Waals surface area contributed by atoms with Gasteiger partial charge in [-0.3, -0.25) is 0 Å². The Labute approximate surface area is 183 Å². The number of para-hydroxylation sites is 2. The average molecular weight is 411 g/mol. The van der Waals surface area contributed by atoms with Gasteiger partial charge >= 0.3 is 0 Å². The van der Waals surface area contributed by atoms with Crippen LogP contribution in [0.4, 0.5) is 11.4 Å². The van der Waals surface area contributed by atoms with Crippen molar-refractivity contribution in [1.82, 2.24) is 0 Å². The topological polar surface area (TPSA) is 24.9 Å². The number of anilines is 2. The van der Waals surface area contributed by atoms with Gasteiger partial charge in [-0.15, -0.1) is 0 Å². The molecule has 1 saturated heterocycles. The summed E-state index contributed by atoms with van der Waals surface area (Å²) in [4.78, 5) is 4.60. The van der Waals surface area contributed by atoms with Gasteiger partial charge in [0.25, 0.3) is 0 Å². The van der Waals surface area contributed by atoms with Crippen LogP contribution >= 0.6 is 0 Å². The monoisotopic (exact) mass is 410 g/mol. The Morgan fingerprint density at radius 1 is 0.839 bits per heavy atom. The molecule has 4 nitrogen and oxygen atoms in total. The van der Waals surface area contributed by atoms with Crippen molar-refractivity contribution in [3.63, 3.8) is 0 Å². The van der Waals surface area contributed by atoms with Crippen molar-refractivity contribution in [2.75, 3.05) is 36.4 Å². The van der Waals surface area contributed by atoms with E-state index in [0.717, 1.165) is 24.6 Å². The molecule has 2 aliphatic carbocycles. The zero-order valence-corrected chi connectivity index (χ0v) is 17.7. The van der Waals surface area contributed by atoms with Gasteiger partial charge < -0.3 is 19.3 Å². The van der Waals surface area contributed by atoms with Crippen LogP contribution in [0.25, 0.3) is 0 Å². The zero-order chi connectivity index (χ0) is 20.8. The van der Waals surface area contributed by atoms with Gasteiger partial charge in [-0.25, -0.2) is 0 Å². The van der Waals surface area contributed by atoms with Gasteiger partial charge in [0.1, 0.15) is 11.5 Å². The van der Waals surface area contributed by atoms with Crippen molar-refractivity contribution in [2.24, 2.45) is 11.3 Å². The quantitative estimate of drug-likeness (QED) is 0.676. The van der Waals surface area contributed by atoms with Gasteiger partial charge in [0, 0.05) is 46.9 Å². The Kier molecular flexibility index (Phi) is 4.20. The third kappa shape index (κ3) is 2.97. The average Bonchev–Trinajstić information content (AvgIpc) is 2.84. The lowest BCUT2D eigenvalue weighted by Gasteiger charge is -2.49. The summed E-state index contributed by atoms with van der Waals surface area (Å²) in [5.74, 6) is 2.38. The van der Waals surface area contributed by atoms with Crippen molar-refractivity contribution in [3.8, 4) is 0 Å². The van der Waals surface area contributed by atoms with Crippen molar-refractivity contribution in [2.45, 2.75) is 6.92 Å². The summed E-state index contributed by atoms with van der Waals surface area (Å²) >= 11 is 0. The normalized spacial score (nSPS) is 26.7. The number of hydrogen-bond acceptors (Lipinski definition) is 4. The Morgan fingerprint density at radius 3 is 2.26 bits per heavy atom. The van der Waals surface area contributed by atoms with E-state index in [2.05, 4.69) is 95.6 Å². The zero-order valence-electron chi connectivity index (χ0n) is 17.7. The minimum Gasteiger partial charge on any atom is -0.477 e. The number of nitrogens with zero attached hydrogens (tertiary/aromatic N) is 2. The second kappa shape index (κ2) is 7.09. The van der Waals surface area contributed by atoms with E-state index in [0.29, 0.717) is 13.5 Å². The predicted octanol–water partition coefficient (Wildman–Crippen LogP) is 5.25. The maximum atomic E-state index is 6.38. The van der Waals surface area contributed by atoms with Crippen molar-refractivity contribution in [3.05, 3.63) is 108 Å². The molecule has 0 spiro atoms. The van der Waals surface area contributed by atoms with E-state index in [9.17, 15) is 0 Å². The van der Waals surface area contributed by atoms with Crippen molar-refractivity contribution >= 4 is 11.4 Å². The van der Waals surface area contributed by atoms with E-state index in [1.54, 1.807) is 0 Å². The molecular weight excluding hydrogens is 384 g/mol. The van der Waals surface area contributed by atoms with E-state index >= 15 is 0 Å². The lowest BCUT2D eigenvalue weighted by molar-refractivity contribution is 0.0986. The lowest BCUT2D eigenvalue weighted by Crippen LogP contribution is -2.48. The summed E-state index contributed by atoms with van der Waals surface area (Å²) in [6.45, 7) is 5.26. The fraction of sp³-hybridized carbons (Fsp3) is 0.259. The molecule has 0 bridgehead atoms. The van der Waals surface area contributed by atoms with Gasteiger partial charge in [0.05, 0.1) is 0 Å². The molecule has 4 heteroatoms. The number of ether oxygens (including phenoxy) is 2. The molecule has 0 radical (unpaired) electrons. The molecule has 2 aromatic carbocycles. The molecule has 4 aliphatic rings. The molecule has 31 heavy (non-hydrogen) atoms. The molecule has 2 aromatic rings. The Hall–Kier alpha value is -3.40. The number of fused-ring (bicyclic) bond motifs is 4. The Morgan fingerprint density at radius 2 is 1.52 bits per heavy atom. The number of rotatable bonds is 2. The highest BCUT2D eigenvalue weighted by molar-refractivity contribution is 5.58. The SMILES string of the molecule is CC12C=CC3=C(OCN(c4ccccc4)C3)C1=CC=C1OCN(c3ccccc3)CC12. The summed E-state index contributed by atoms with van der Waals surface area (Å²) in [5, 5.41) is 0. The summed E-state index contributed by atoms with van der Waals surface area (Å²) in [5.41, 5.74) is 4.76. The van der Waals surface area contributed by atoms with E-state index < -0.39 is 0 Å². The second-order valence-corrected chi connectivity index (χ2v) is 8.81. The first-order valence-electron chi connectivity index (χ1n) is 10.9. The van der Waals surface area contributed by atoms with Gasteiger partial charge in [0.2, 0.25) is 0 Å². The minimum absolute atomic E-state index is 0.148. The maximum absolute atomic E-state index is 6.38. The largest absolute Gasteiger partial charge is 0.477 e.